The van der Waals surface area contributed by atoms with Crippen LogP contribution in [0.3, 0.4) is 0 Å². The summed E-state index contributed by atoms with van der Waals surface area (Å²) in [6, 6.07) is 0.598. The van der Waals surface area contributed by atoms with E-state index in [1.165, 1.54) is 0 Å². The normalized spacial score (nSPS) is 11.5. The Morgan fingerprint density at radius 2 is 2.11 bits per heavy atom. The van der Waals surface area contributed by atoms with Crippen molar-refractivity contribution < 1.29 is 18.4 Å². The van der Waals surface area contributed by atoms with Gasteiger partial charge in [-0.25, -0.2) is 8.78 Å². The molecule has 19 heavy (non-hydrogen) atoms. The van der Waals surface area contributed by atoms with Crippen molar-refractivity contribution in [3.63, 3.8) is 0 Å². The van der Waals surface area contributed by atoms with Crippen LogP contribution in [0.4, 0.5) is 8.78 Å². The molecule has 0 saturated heterocycles. The van der Waals surface area contributed by atoms with Crippen molar-refractivity contribution >= 4 is 23.4 Å². The molecule has 1 unspecified atom stereocenters. The third kappa shape index (κ3) is 3.42. The Balaban J connectivity index is 2.99. The van der Waals surface area contributed by atoms with Gasteiger partial charge in [0.2, 0.25) is 5.91 Å². The molecule has 4 nitrogen and oxygen atoms in total. The van der Waals surface area contributed by atoms with E-state index in [1.807, 2.05) is 0 Å². The predicted octanol–water partition coefficient (Wildman–Crippen LogP) is 1.23. The summed E-state index contributed by atoms with van der Waals surface area (Å²) in [7, 11) is 0. The van der Waals surface area contributed by atoms with Crippen LogP contribution in [0.2, 0.25) is 5.02 Å². The molecule has 3 N–H and O–H groups in total. The van der Waals surface area contributed by atoms with E-state index >= 15 is 0 Å². The number of primary amides is 1. The third-order valence-electron chi connectivity index (χ3n) is 2.25. The fourth-order valence-electron chi connectivity index (χ4n) is 1.28. The number of nitrogens with one attached hydrogen (secondary N) is 1. The summed E-state index contributed by atoms with van der Waals surface area (Å²) in [5.74, 6) is -1.89. The SMILES string of the molecule is C#CCC(NC(=O)c1ccc(F)c(Cl)c1F)C(N)=O. The first-order valence-corrected chi connectivity index (χ1v) is 5.43. The number of halogens is 3. The summed E-state index contributed by atoms with van der Waals surface area (Å²) in [4.78, 5) is 22.7. The summed E-state index contributed by atoms with van der Waals surface area (Å²) < 4.78 is 26.5. The maximum Gasteiger partial charge on any atom is 0.254 e. The lowest BCUT2D eigenvalue weighted by atomic mass is 10.1. The largest absolute Gasteiger partial charge is 0.368 e. The minimum Gasteiger partial charge on any atom is -0.368 e. The molecule has 7 heteroatoms. The zero-order valence-corrected chi connectivity index (χ0v) is 10.3. The van der Waals surface area contributed by atoms with Gasteiger partial charge in [0.05, 0.1) is 5.56 Å². The number of benzene rings is 1. The molecule has 0 radical (unpaired) electrons. The van der Waals surface area contributed by atoms with E-state index in [2.05, 4.69) is 11.2 Å². The standard InChI is InChI=1S/C12H9ClF2N2O2/c1-2-3-8(11(16)18)17-12(19)6-4-5-7(14)9(13)10(6)15/h1,4-5,8H,3H2,(H2,16,18)(H,17,19). The van der Waals surface area contributed by atoms with Gasteiger partial charge in [-0.05, 0) is 12.1 Å². The Bertz CT molecular complexity index is 570. The number of rotatable bonds is 4. The molecule has 100 valence electrons. The van der Waals surface area contributed by atoms with Gasteiger partial charge in [0.1, 0.15) is 16.9 Å². The number of amides is 2. The molecule has 1 aromatic rings. The summed E-state index contributed by atoms with van der Waals surface area (Å²) in [6.45, 7) is 0. The van der Waals surface area contributed by atoms with Crippen LogP contribution in [0, 0.1) is 24.0 Å². The van der Waals surface area contributed by atoms with Crippen LogP contribution in [-0.2, 0) is 4.79 Å². The number of terminal acetylenes is 1. The highest BCUT2D eigenvalue weighted by Gasteiger charge is 2.22. The van der Waals surface area contributed by atoms with E-state index in [9.17, 15) is 18.4 Å². The van der Waals surface area contributed by atoms with Gasteiger partial charge in [-0.3, -0.25) is 9.59 Å². The first-order valence-electron chi connectivity index (χ1n) is 5.05. The van der Waals surface area contributed by atoms with Crippen molar-refractivity contribution in [2.45, 2.75) is 12.5 Å². The number of carbonyl (C=O) groups excluding carboxylic acids is 2. The zero-order valence-electron chi connectivity index (χ0n) is 9.54. The van der Waals surface area contributed by atoms with Crippen molar-refractivity contribution in [1.82, 2.24) is 5.32 Å². The smallest absolute Gasteiger partial charge is 0.254 e. The zero-order chi connectivity index (χ0) is 14.6. The first-order chi connectivity index (χ1) is 8.88. The first kappa shape index (κ1) is 14.9. The molecular formula is C12H9ClF2N2O2. The molecule has 1 aromatic carbocycles. The predicted molar refractivity (Wildman–Crippen MR) is 65.3 cm³/mol. The summed E-state index contributed by atoms with van der Waals surface area (Å²) >= 11 is 5.33. The maximum absolute atomic E-state index is 13.6. The van der Waals surface area contributed by atoms with Crippen LogP contribution in [0.5, 0.6) is 0 Å². The molecule has 0 heterocycles. The van der Waals surface area contributed by atoms with Gasteiger partial charge in [0.25, 0.3) is 5.91 Å². The molecule has 2 amide bonds. The van der Waals surface area contributed by atoms with Gasteiger partial charge < -0.3 is 11.1 Å². The Morgan fingerprint density at radius 3 is 2.63 bits per heavy atom. The summed E-state index contributed by atoms with van der Waals surface area (Å²) in [5, 5.41) is 1.34. The van der Waals surface area contributed by atoms with Gasteiger partial charge in [-0.15, -0.1) is 12.3 Å². The topological polar surface area (TPSA) is 72.2 Å². The quantitative estimate of drug-likeness (QED) is 0.645. The van der Waals surface area contributed by atoms with Gasteiger partial charge in [-0.1, -0.05) is 11.6 Å². The van der Waals surface area contributed by atoms with Crippen molar-refractivity contribution in [3.8, 4) is 12.3 Å². The minimum atomic E-state index is -1.22. The Hall–Kier alpha value is -2.13. The number of carbonyl (C=O) groups is 2. The molecule has 0 bridgehead atoms. The maximum atomic E-state index is 13.6. The number of nitrogens with two attached hydrogens (primary N) is 1. The van der Waals surface area contributed by atoms with Crippen LogP contribution in [0.15, 0.2) is 12.1 Å². The molecule has 0 fully saturated rings. The Labute approximate surface area is 112 Å². The lowest BCUT2D eigenvalue weighted by Crippen LogP contribution is -2.44. The fourth-order valence-corrected chi connectivity index (χ4v) is 1.44. The minimum absolute atomic E-state index is 0.141. The average molecular weight is 287 g/mol. The molecular weight excluding hydrogens is 278 g/mol. The van der Waals surface area contributed by atoms with Gasteiger partial charge in [-0.2, -0.15) is 0 Å². The highest BCUT2D eigenvalue weighted by atomic mass is 35.5. The number of hydrogen-bond acceptors (Lipinski definition) is 2. The lowest BCUT2D eigenvalue weighted by Gasteiger charge is -2.13. The van der Waals surface area contributed by atoms with Crippen LogP contribution < -0.4 is 11.1 Å². The third-order valence-corrected chi connectivity index (χ3v) is 2.60. The average Bonchev–Trinajstić information content (AvgIpc) is 2.35. The second-order valence-corrected chi connectivity index (χ2v) is 3.94. The van der Waals surface area contributed by atoms with Crippen molar-refractivity contribution in [2.24, 2.45) is 5.73 Å². The van der Waals surface area contributed by atoms with Crippen molar-refractivity contribution in [1.29, 1.82) is 0 Å². The van der Waals surface area contributed by atoms with E-state index in [0.29, 0.717) is 0 Å². The van der Waals surface area contributed by atoms with Crippen LogP contribution >= 0.6 is 11.6 Å². The van der Waals surface area contributed by atoms with E-state index < -0.39 is 40.1 Å². The van der Waals surface area contributed by atoms with Crippen molar-refractivity contribution in [2.75, 3.05) is 0 Å². The molecule has 0 aliphatic carbocycles. The molecule has 0 aliphatic rings. The molecule has 0 aromatic heterocycles. The molecule has 0 saturated carbocycles. The van der Waals surface area contributed by atoms with E-state index in [0.717, 1.165) is 12.1 Å². The van der Waals surface area contributed by atoms with Crippen LogP contribution in [0.1, 0.15) is 16.8 Å². The molecule has 0 spiro atoms. The van der Waals surface area contributed by atoms with Gasteiger partial charge >= 0.3 is 0 Å². The highest BCUT2D eigenvalue weighted by Crippen LogP contribution is 2.21. The lowest BCUT2D eigenvalue weighted by molar-refractivity contribution is -0.119. The molecule has 0 aliphatic heterocycles. The second-order valence-electron chi connectivity index (χ2n) is 3.56. The number of hydrogen-bond donors (Lipinski definition) is 2. The van der Waals surface area contributed by atoms with Crippen molar-refractivity contribution in [3.05, 3.63) is 34.4 Å². The van der Waals surface area contributed by atoms with Crippen LogP contribution in [0.25, 0.3) is 0 Å². The van der Waals surface area contributed by atoms with E-state index in [-0.39, 0.29) is 6.42 Å². The molecule has 1 rings (SSSR count). The van der Waals surface area contributed by atoms with E-state index in [4.69, 9.17) is 23.8 Å². The van der Waals surface area contributed by atoms with Gasteiger partial charge in [0.15, 0.2) is 5.82 Å². The fraction of sp³-hybridized carbons (Fsp3) is 0.167. The summed E-state index contributed by atoms with van der Waals surface area (Å²) in [5.41, 5.74) is 4.51. The second kappa shape index (κ2) is 6.16. The Morgan fingerprint density at radius 1 is 1.47 bits per heavy atom. The van der Waals surface area contributed by atoms with Crippen LogP contribution in [-0.4, -0.2) is 17.9 Å². The van der Waals surface area contributed by atoms with E-state index in [1.54, 1.807) is 0 Å². The Kier molecular flexibility index (Phi) is 4.84. The summed E-state index contributed by atoms with van der Waals surface area (Å²) in [6.07, 6.45) is 4.86. The van der Waals surface area contributed by atoms with Gasteiger partial charge in [0, 0.05) is 6.42 Å². The molecule has 1 atom stereocenters. The highest BCUT2D eigenvalue weighted by molar-refractivity contribution is 6.31. The monoisotopic (exact) mass is 286 g/mol.